The molecule has 26 heteroatoms. The minimum Gasteiger partial charge on any atom is -0.822 e. The first-order valence-electron chi connectivity index (χ1n) is 12.9. The van der Waals surface area contributed by atoms with Crippen LogP contribution in [-0.4, -0.2) is 142 Å². The number of rotatable bonds is 18. The van der Waals surface area contributed by atoms with E-state index in [2.05, 4.69) is 16.0 Å². The van der Waals surface area contributed by atoms with Gasteiger partial charge in [0.05, 0.1) is 38.4 Å². The van der Waals surface area contributed by atoms with E-state index in [1.165, 1.54) is 0 Å². The van der Waals surface area contributed by atoms with Crippen LogP contribution >= 0.6 is 7.82 Å². The van der Waals surface area contributed by atoms with Crippen LogP contribution in [0.25, 0.3) is 0 Å². The highest BCUT2D eigenvalue weighted by molar-refractivity contribution is 7.96. The van der Waals surface area contributed by atoms with Gasteiger partial charge in [0, 0.05) is 0 Å². The van der Waals surface area contributed by atoms with Crippen molar-refractivity contribution < 1.29 is 63.3 Å². The van der Waals surface area contributed by atoms with E-state index in [9.17, 15) is 28.8 Å². The molecule has 0 saturated heterocycles. The molecule has 0 heterocycles. The second kappa shape index (κ2) is 29.4. The molecule has 18 N–H and O–H groups in total. The van der Waals surface area contributed by atoms with E-state index >= 15 is 0 Å². The quantitative estimate of drug-likeness (QED) is 0.0456. The molecule has 0 fully saturated rings. The lowest BCUT2D eigenvalue weighted by molar-refractivity contribution is -0.432. The van der Waals surface area contributed by atoms with Crippen LogP contribution in [0.5, 0.6) is 0 Å². The van der Waals surface area contributed by atoms with E-state index in [-0.39, 0.29) is 32.7 Å². The molecule has 0 aromatic carbocycles. The van der Waals surface area contributed by atoms with E-state index in [1.807, 2.05) is 18.8 Å². The van der Waals surface area contributed by atoms with Crippen molar-refractivity contribution in [3.8, 4) is 0 Å². The second-order valence-corrected chi connectivity index (χ2v) is 16.9. The Morgan fingerprint density at radius 1 is 0.574 bits per heavy atom. The maximum atomic E-state index is 10.4. The van der Waals surface area contributed by atoms with Gasteiger partial charge in [0.15, 0.2) is 0 Å². The summed E-state index contributed by atoms with van der Waals surface area (Å²) in [5, 5.41) is 32.9. The van der Waals surface area contributed by atoms with Crippen LogP contribution in [0.3, 0.4) is 0 Å². The zero-order valence-electron chi connectivity index (χ0n) is 26.2. The molecule has 6 unspecified atom stereocenters. The summed E-state index contributed by atoms with van der Waals surface area (Å²) < 4.78 is 8.55. The van der Waals surface area contributed by atoms with Crippen LogP contribution in [0.4, 0.5) is 14.4 Å². The lowest BCUT2D eigenvalue weighted by Gasteiger charge is -2.36. The van der Waals surface area contributed by atoms with Crippen LogP contribution in [0.1, 0.15) is 0 Å². The third-order valence-electron chi connectivity index (χ3n) is 4.59. The van der Waals surface area contributed by atoms with E-state index in [1.54, 1.807) is 0 Å². The Hall–Kier alpha value is -2.74. The first-order chi connectivity index (χ1) is 21.3. The molecule has 0 aliphatic rings. The minimum atomic E-state index is -5.39. The summed E-state index contributed by atoms with van der Waals surface area (Å²) in [5.41, 5.74) is 30.6. The summed E-state index contributed by atoms with van der Waals surface area (Å²) in [6, 6.07) is -4.16. The van der Waals surface area contributed by atoms with Crippen LogP contribution in [0.2, 0.25) is 0 Å². The molecule has 0 bridgehead atoms. The van der Waals surface area contributed by atoms with Crippen LogP contribution in [0, 0.1) is 0 Å². The Morgan fingerprint density at radius 2 is 0.745 bits per heavy atom. The SMILES string of the molecule is C[S+](CCNC(N)=O)CC(N)C(=O)O.C[S+](CCNC(N)=O)CC(N)C(=O)O.C[S+](CCNC(N)=O)CC(N)C(=O)O.O=P([O-])([O-])[O-]. The van der Waals surface area contributed by atoms with E-state index < -0.39 is 61.9 Å². The average Bonchev–Trinajstić information content (AvgIpc) is 2.87. The lowest BCUT2D eigenvalue weighted by Crippen LogP contribution is -2.40. The molecule has 0 aliphatic carbocycles. The van der Waals surface area contributed by atoms with Gasteiger partial charge in [-0.3, -0.25) is 14.4 Å². The average molecular weight is 762 g/mol. The molecule has 0 aliphatic heterocycles. The molecule has 0 radical (unpaired) electrons. The first-order valence-corrected chi connectivity index (χ1v) is 20.2. The molecule has 47 heavy (non-hydrogen) atoms. The number of carboxylic acid groups (broad SMARTS) is 3. The second-order valence-electron chi connectivity index (χ2n) is 9.11. The maximum absolute atomic E-state index is 10.4. The highest BCUT2D eigenvalue weighted by Crippen LogP contribution is 2.03. The number of urea groups is 3. The molecular weight excluding hydrogens is 713 g/mol. The number of nitrogens with one attached hydrogen (secondary N) is 3. The third-order valence-corrected chi connectivity index (χ3v) is 10.1. The molecule has 6 atom stereocenters. The number of nitrogens with two attached hydrogens (primary N) is 6. The molecular formula is C21H48N9O13PS3. The molecule has 278 valence electrons. The Morgan fingerprint density at radius 3 is 0.872 bits per heavy atom. The van der Waals surface area contributed by atoms with Gasteiger partial charge in [0.1, 0.15) is 52.6 Å². The predicted octanol–water partition coefficient (Wildman–Crippen LogP) is -7.88. The summed E-state index contributed by atoms with van der Waals surface area (Å²) in [6.45, 7) is 1.38. The van der Waals surface area contributed by atoms with Gasteiger partial charge in [-0.1, -0.05) is 0 Å². The van der Waals surface area contributed by atoms with E-state index in [4.69, 9.17) is 69.0 Å². The van der Waals surface area contributed by atoms with Gasteiger partial charge in [-0.05, 0) is 32.7 Å². The van der Waals surface area contributed by atoms with Crippen molar-refractivity contribution in [1.29, 1.82) is 0 Å². The fourth-order valence-electron chi connectivity index (χ4n) is 2.43. The Kier molecular flexibility index (Phi) is 32.0. The number of primary amides is 3. The predicted molar refractivity (Wildman–Crippen MR) is 176 cm³/mol. The summed E-state index contributed by atoms with van der Waals surface area (Å²) in [6.07, 6.45) is 5.72. The molecule has 0 aromatic heterocycles. The molecule has 0 rings (SSSR count). The molecule has 6 amide bonds. The smallest absolute Gasteiger partial charge is 0.325 e. The Labute approximate surface area is 280 Å². The van der Waals surface area contributed by atoms with Gasteiger partial charge in [0.25, 0.3) is 0 Å². The number of aliphatic carboxylic acids is 3. The minimum absolute atomic E-state index is 0.113. The van der Waals surface area contributed by atoms with Crippen LogP contribution in [-0.2, 0) is 51.6 Å². The number of amides is 6. The standard InChI is InChI=1S/3C7H15N3O3S.H3O4P/c3*1-14(3-2-10-7(9)13)4-5(8)6(11)12;1-5(2,3)4/h3*5H,2-4,8H2,1H3,(H3-,9,10,11,12,13);(H3,1,2,3,4). The van der Waals surface area contributed by atoms with Crippen LogP contribution in [0.15, 0.2) is 0 Å². The zero-order chi connectivity index (χ0) is 37.9. The largest absolute Gasteiger partial charge is 0.822 e. The number of hydrogen-bond donors (Lipinski definition) is 12. The summed E-state index contributed by atoms with van der Waals surface area (Å²) in [7, 11) is -5.73. The molecule has 0 saturated carbocycles. The zero-order valence-corrected chi connectivity index (χ0v) is 29.5. The van der Waals surface area contributed by atoms with Crippen molar-refractivity contribution in [2.75, 3.05) is 72.9 Å². The van der Waals surface area contributed by atoms with Crippen molar-refractivity contribution in [3.63, 3.8) is 0 Å². The highest BCUT2D eigenvalue weighted by atomic mass is 32.2. The van der Waals surface area contributed by atoms with E-state index in [0.29, 0.717) is 54.2 Å². The van der Waals surface area contributed by atoms with Crippen molar-refractivity contribution in [2.45, 2.75) is 18.1 Å². The van der Waals surface area contributed by atoms with Crippen LogP contribution < -0.4 is 65.0 Å². The summed E-state index contributed by atoms with van der Waals surface area (Å²) in [5.74, 6) is 0.394. The molecule has 0 spiro atoms. The van der Waals surface area contributed by atoms with Crippen molar-refractivity contribution in [1.82, 2.24) is 16.0 Å². The summed E-state index contributed by atoms with van der Waals surface area (Å²) >= 11 is 0. The first kappa shape index (κ1) is 51.1. The van der Waals surface area contributed by atoms with Crippen molar-refractivity contribution >= 4 is 76.5 Å². The van der Waals surface area contributed by atoms with Gasteiger partial charge in [-0.15, -0.1) is 0 Å². The Bertz CT molecular complexity index is 888. The monoisotopic (exact) mass is 761 g/mol. The van der Waals surface area contributed by atoms with Crippen molar-refractivity contribution in [2.24, 2.45) is 34.4 Å². The fourth-order valence-corrected chi connectivity index (χ4v) is 6.55. The maximum Gasteiger partial charge on any atom is 0.325 e. The van der Waals surface area contributed by atoms with Gasteiger partial charge in [-0.25, -0.2) is 14.4 Å². The number of carbonyl (C=O) groups is 6. The van der Waals surface area contributed by atoms with Gasteiger partial charge in [-0.2, -0.15) is 7.82 Å². The number of hydrogen-bond acceptors (Lipinski definition) is 13. The topological polar surface area (TPSA) is 442 Å². The van der Waals surface area contributed by atoms with Gasteiger partial charge >= 0.3 is 36.0 Å². The third kappa shape index (κ3) is 47.8. The van der Waals surface area contributed by atoms with Crippen molar-refractivity contribution in [3.05, 3.63) is 0 Å². The molecule has 0 aromatic rings. The lowest BCUT2D eigenvalue weighted by atomic mass is 10.4. The number of carbonyl (C=O) groups excluding carboxylic acids is 3. The molecule has 22 nitrogen and oxygen atoms in total. The fraction of sp³-hybridized carbons (Fsp3) is 0.714. The highest BCUT2D eigenvalue weighted by Gasteiger charge is 2.23. The van der Waals surface area contributed by atoms with E-state index in [0.717, 1.165) is 0 Å². The summed E-state index contributed by atoms with van der Waals surface area (Å²) in [4.78, 5) is 87.8. The van der Waals surface area contributed by atoms with Gasteiger partial charge in [0.2, 0.25) is 0 Å². The number of carboxylic acids is 3. The van der Waals surface area contributed by atoms with Gasteiger partial charge < -0.3 is 84.9 Å². The number of phosphoric acid groups is 1. The Balaban J connectivity index is -0.000000275. The normalized spacial score (nSPS) is 14.1.